The molecule has 0 aliphatic carbocycles. The molecular weight excluding hydrogens is 358 g/mol. The van der Waals surface area contributed by atoms with Gasteiger partial charge >= 0.3 is 0 Å². The zero-order valence-corrected chi connectivity index (χ0v) is 16.4. The Hall–Kier alpha value is -2.50. The summed E-state index contributed by atoms with van der Waals surface area (Å²) in [6, 6.07) is 14.3. The highest BCUT2D eigenvalue weighted by molar-refractivity contribution is 7.13. The van der Waals surface area contributed by atoms with Crippen LogP contribution < -0.4 is 9.47 Å². The topological polar surface area (TPSA) is 41.9 Å². The minimum Gasteiger partial charge on any atom is -0.504 e. The molecule has 1 aliphatic heterocycles. The van der Waals surface area contributed by atoms with Crippen LogP contribution in [0.3, 0.4) is 0 Å². The molecule has 4 rings (SSSR count). The Bertz CT molecular complexity index is 937. The van der Waals surface area contributed by atoms with Crippen LogP contribution >= 0.6 is 11.3 Å². The largest absolute Gasteiger partial charge is 0.504 e. The van der Waals surface area contributed by atoms with E-state index in [0.29, 0.717) is 12.4 Å². The molecule has 5 heteroatoms. The number of hydrogen-bond donors (Lipinski definition) is 1. The summed E-state index contributed by atoms with van der Waals surface area (Å²) in [4.78, 5) is 3.50. The number of hydrogen-bond acceptors (Lipinski definition) is 5. The maximum atomic E-state index is 10.5. The van der Waals surface area contributed by atoms with Gasteiger partial charge < -0.3 is 14.6 Å². The molecule has 1 N–H and O–H groups in total. The SMILES string of the molecule is COc1ccc(CN2CCOc3c(O)cc(-c4cccs4)cc3C2)cc1C. The summed E-state index contributed by atoms with van der Waals surface area (Å²) < 4.78 is 11.2. The lowest BCUT2D eigenvalue weighted by atomic mass is 10.1. The van der Waals surface area contributed by atoms with Crippen molar-refractivity contribution >= 4 is 11.3 Å². The number of benzene rings is 2. The summed E-state index contributed by atoms with van der Waals surface area (Å²) in [7, 11) is 1.70. The molecule has 4 nitrogen and oxygen atoms in total. The van der Waals surface area contributed by atoms with Gasteiger partial charge in [0, 0.05) is 30.1 Å². The van der Waals surface area contributed by atoms with Gasteiger partial charge in [0.1, 0.15) is 12.4 Å². The third-order valence-corrected chi connectivity index (χ3v) is 5.78. The van der Waals surface area contributed by atoms with E-state index in [2.05, 4.69) is 36.1 Å². The smallest absolute Gasteiger partial charge is 0.165 e. The molecule has 0 saturated carbocycles. The number of phenolic OH excluding ortho intramolecular Hbond substituents is 1. The highest BCUT2D eigenvalue weighted by atomic mass is 32.1. The van der Waals surface area contributed by atoms with Crippen molar-refractivity contribution in [3.05, 3.63) is 64.5 Å². The molecule has 3 aromatic rings. The Morgan fingerprint density at radius 2 is 2.11 bits per heavy atom. The molecule has 0 spiro atoms. The molecule has 0 atom stereocenters. The van der Waals surface area contributed by atoms with Crippen LogP contribution in [0.1, 0.15) is 16.7 Å². The van der Waals surface area contributed by atoms with Gasteiger partial charge in [0.25, 0.3) is 0 Å². The second kappa shape index (κ2) is 7.62. The van der Waals surface area contributed by atoms with Crippen LogP contribution in [-0.4, -0.2) is 30.3 Å². The van der Waals surface area contributed by atoms with Crippen LogP contribution in [0.5, 0.6) is 17.2 Å². The van der Waals surface area contributed by atoms with E-state index < -0.39 is 0 Å². The lowest BCUT2D eigenvalue weighted by molar-refractivity contribution is 0.217. The van der Waals surface area contributed by atoms with Crippen molar-refractivity contribution in [2.45, 2.75) is 20.0 Å². The number of nitrogens with zero attached hydrogens (tertiary/aromatic N) is 1. The van der Waals surface area contributed by atoms with E-state index in [0.717, 1.165) is 47.0 Å². The first-order valence-corrected chi connectivity index (χ1v) is 9.90. The van der Waals surface area contributed by atoms with Crippen molar-refractivity contribution in [3.63, 3.8) is 0 Å². The van der Waals surface area contributed by atoms with Crippen LogP contribution in [0, 0.1) is 6.92 Å². The van der Waals surface area contributed by atoms with Gasteiger partial charge in [-0.1, -0.05) is 18.2 Å². The first kappa shape index (κ1) is 17.9. The van der Waals surface area contributed by atoms with E-state index in [1.807, 2.05) is 17.5 Å². The average Bonchev–Trinajstić information content (AvgIpc) is 3.11. The summed E-state index contributed by atoms with van der Waals surface area (Å²) in [6.45, 7) is 5.01. The van der Waals surface area contributed by atoms with Gasteiger partial charge in [-0.25, -0.2) is 0 Å². The average molecular weight is 381 g/mol. The minimum atomic E-state index is 0.220. The van der Waals surface area contributed by atoms with Gasteiger partial charge in [-0.05, 0) is 53.3 Å². The lowest BCUT2D eigenvalue weighted by Crippen LogP contribution is -2.25. The van der Waals surface area contributed by atoms with Gasteiger partial charge in [0.2, 0.25) is 0 Å². The molecule has 0 bridgehead atoms. The number of ether oxygens (including phenoxy) is 2. The Morgan fingerprint density at radius 3 is 2.85 bits per heavy atom. The van der Waals surface area contributed by atoms with E-state index in [1.165, 1.54) is 5.56 Å². The molecule has 0 unspecified atom stereocenters. The number of aryl methyl sites for hydroxylation is 1. The Morgan fingerprint density at radius 1 is 1.22 bits per heavy atom. The van der Waals surface area contributed by atoms with Gasteiger partial charge in [-0.3, -0.25) is 4.90 Å². The van der Waals surface area contributed by atoms with Gasteiger partial charge in [-0.15, -0.1) is 11.3 Å². The van der Waals surface area contributed by atoms with Crippen LogP contribution in [0.25, 0.3) is 10.4 Å². The molecule has 0 fully saturated rings. The second-order valence-electron chi connectivity index (χ2n) is 6.82. The summed E-state index contributed by atoms with van der Waals surface area (Å²) in [6.07, 6.45) is 0. The van der Waals surface area contributed by atoms with E-state index in [9.17, 15) is 5.11 Å². The van der Waals surface area contributed by atoms with Crippen molar-refractivity contribution in [2.75, 3.05) is 20.3 Å². The maximum absolute atomic E-state index is 10.5. The Labute approximate surface area is 163 Å². The van der Waals surface area contributed by atoms with E-state index in [1.54, 1.807) is 24.5 Å². The van der Waals surface area contributed by atoms with Crippen LogP contribution in [0.2, 0.25) is 0 Å². The predicted octanol–water partition coefficient (Wildman–Crippen LogP) is 4.83. The van der Waals surface area contributed by atoms with E-state index in [4.69, 9.17) is 9.47 Å². The Balaban J connectivity index is 1.59. The van der Waals surface area contributed by atoms with Crippen LogP contribution in [0.4, 0.5) is 0 Å². The van der Waals surface area contributed by atoms with Crippen LogP contribution in [-0.2, 0) is 13.1 Å². The zero-order valence-electron chi connectivity index (χ0n) is 15.6. The van der Waals surface area contributed by atoms with Crippen molar-refractivity contribution in [2.24, 2.45) is 0 Å². The number of aromatic hydroxyl groups is 1. The fraction of sp³-hybridized carbons (Fsp3) is 0.273. The standard InChI is InChI=1S/C22H23NO3S/c1-15-10-16(5-6-20(15)25-2)13-23-7-8-26-22-18(14-23)11-17(12-19(22)24)21-4-3-9-27-21/h3-6,9-12,24H,7-8,13-14H2,1-2H3. The molecule has 1 aromatic heterocycles. The summed E-state index contributed by atoms with van der Waals surface area (Å²) in [5.74, 6) is 1.75. The predicted molar refractivity (Wildman–Crippen MR) is 109 cm³/mol. The Kier molecular flexibility index (Phi) is 5.05. The number of fused-ring (bicyclic) bond motifs is 1. The molecule has 140 valence electrons. The normalized spacial score (nSPS) is 14.3. The highest BCUT2D eigenvalue weighted by Gasteiger charge is 2.20. The monoisotopic (exact) mass is 381 g/mol. The number of phenols is 1. The molecule has 27 heavy (non-hydrogen) atoms. The van der Waals surface area contributed by atoms with Crippen molar-refractivity contribution in [1.82, 2.24) is 4.90 Å². The molecular formula is C22H23NO3S. The highest BCUT2D eigenvalue weighted by Crippen LogP contribution is 2.39. The first-order valence-electron chi connectivity index (χ1n) is 9.02. The third kappa shape index (κ3) is 3.80. The summed E-state index contributed by atoms with van der Waals surface area (Å²) in [5.41, 5.74) is 4.45. The first-order chi connectivity index (χ1) is 13.1. The van der Waals surface area contributed by atoms with E-state index >= 15 is 0 Å². The van der Waals surface area contributed by atoms with Crippen molar-refractivity contribution in [3.8, 4) is 27.7 Å². The zero-order chi connectivity index (χ0) is 18.8. The lowest BCUT2D eigenvalue weighted by Gasteiger charge is -2.20. The number of thiophene rings is 1. The summed E-state index contributed by atoms with van der Waals surface area (Å²) >= 11 is 1.67. The molecule has 1 aliphatic rings. The van der Waals surface area contributed by atoms with Gasteiger partial charge in [0.15, 0.2) is 11.5 Å². The fourth-order valence-electron chi connectivity index (χ4n) is 3.57. The maximum Gasteiger partial charge on any atom is 0.165 e. The van der Waals surface area contributed by atoms with Gasteiger partial charge in [-0.2, -0.15) is 0 Å². The van der Waals surface area contributed by atoms with E-state index in [-0.39, 0.29) is 5.75 Å². The molecule has 2 aromatic carbocycles. The molecule has 0 amide bonds. The quantitative estimate of drug-likeness (QED) is 0.703. The van der Waals surface area contributed by atoms with Gasteiger partial charge in [0.05, 0.1) is 7.11 Å². The van der Waals surface area contributed by atoms with Crippen molar-refractivity contribution in [1.29, 1.82) is 0 Å². The molecule has 0 radical (unpaired) electrons. The third-order valence-electron chi connectivity index (χ3n) is 4.87. The molecule has 0 saturated heterocycles. The number of rotatable bonds is 4. The summed E-state index contributed by atoms with van der Waals surface area (Å²) in [5, 5.41) is 12.5. The fourth-order valence-corrected chi connectivity index (χ4v) is 4.29. The van der Waals surface area contributed by atoms with Crippen molar-refractivity contribution < 1.29 is 14.6 Å². The molecule has 2 heterocycles. The minimum absolute atomic E-state index is 0.220. The number of methoxy groups -OCH3 is 1. The second-order valence-corrected chi connectivity index (χ2v) is 7.77. The van der Waals surface area contributed by atoms with Crippen LogP contribution in [0.15, 0.2) is 47.8 Å².